The van der Waals surface area contributed by atoms with Crippen LogP contribution < -0.4 is 15.5 Å². The summed E-state index contributed by atoms with van der Waals surface area (Å²) >= 11 is 0. The highest BCUT2D eigenvalue weighted by Gasteiger charge is 2.23. The Bertz CT molecular complexity index is 1450. The van der Waals surface area contributed by atoms with Crippen molar-refractivity contribution in [3.05, 3.63) is 83.9 Å². The average Bonchev–Trinajstić information content (AvgIpc) is 2.96. The normalized spacial score (nSPS) is 17.4. The van der Waals surface area contributed by atoms with Gasteiger partial charge in [0.05, 0.1) is 5.52 Å². The van der Waals surface area contributed by atoms with E-state index in [1.54, 1.807) is 0 Å². The molecule has 4 aromatic rings. The quantitative estimate of drug-likeness (QED) is 0.265. The minimum Gasteiger partial charge on any atom is -0.362 e. The van der Waals surface area contributed by atoms with E-state index in [1.807, 2.05) is 61.5 Å². The smallest absolute Gasteiger partial charge is 0.251 e. The van der Waals surface area contributed by atoms with Crippen LogP contribution in [0.5, 0.6) is 0 Å². The van der Waals surface area contributed by atoms with Gasteiger partial charge in [0.1, 0.15) is 5.82 Å². The number of amides is 1. The minimum atomic E-state index is -0.00402. The summed E-state index contributed by atoms with van der Waals surface area (Å²) in [7, 11) is 4.02. The van der Waals surface area contributed by atoms with Gasteiger partial charge in [-0.1, -0.05) is 69.3 Å². The van der Waals surface area contributed by atoms with Crippen LogP contribution in [0.15, 0.2) is 72.8 Å². The Kier molecular flexibility index (Phi) is 8.06. The van der Waals surface area contributed by atoms with Crippen molar-refractivity contribution in [2.45, 2.75) is 57.9 Å². The van der Waals surface area contributed by atoms with Crippen molar-refractivity contribution in [2.75, 3.05) is 30.9 Å². The zero-order valence-electron chi connectivity index (χ0n) is 24.4. The number of hydrogen-bond donors (Lipinski definition) is 2. The van der Waals surface area contributed by atoms with Crippen molar-refractivity contribution in [3.8, 4) is 11.1 Å². The fourth-order valence-electron chi connectivity index (χ4n) is 5.47. The Morgan fingerprint density at radius 1 is 0.850 bits per heavy atom. The first kappa shape index (κ1) is 27.6. The first-order valence-corrected chi connectivity index (χ1v) is 14.4. The van der Waals surface area contributed by atoms with Crippen molar-refractivity contribution in [1.82, 2.24) is 15.3 Å². The second-order valence-electron chi connectivity index (χ2n) is 12.3. The monoisotopic (exact) mass is 535 g/mol. The van der Waals surface area contributed by atoms with Crippen LogP contribution in [0.3, 0.4) is 0 Å². The van der Waals surface area contributed by atoms with Gasteiger partial charge in [0.15, 0.2) is 0 Å². The molecular weight excluding hydrogens is 494 g/mol. The second-order valence-corrected chi connectivity index (χ2v) is 12.3. The molecule has 0 atom stereocenters. The van der Waals surface area contributed by atoms with Gasteiger partial charge >= 0.3 is 0 Å². The number of nitrogens with one attached hydrogen (secondary N) is 2. The highest BCUT2D eigenvalue weighted by Crippen LogP contribution is 2.29. The van der Waals surface area contributed by atoms with Gasteiger partial charge < -0.3 is 15.5 Å². The van der Waals surface area contributed by atoms with Crippen molar-refractivity contribution in [1.29, 1.82) is 0 Å². The molecule has 5 rings (SSSR count). The molecule has 6 nitrogen and oxygen atoms in total. The zero-order valence-corrected chi connectivity index (χ0v) is 24.4. The molecule has 0 radical (unpaired) electrons. The van der Waals surface area contributed by atoms with E-state index in [0.29, 0.717) is 30.0 Å². The number of hydrogen-bond acceptors (Lipinski definition) is 5. The Hall–Kier alpha value is -3.93. The topological polar surface area (TPSA) is 70.2 Å². The van der Waals surface area contributed by atoms with Crippen LogP contribution in [0.4, 0.5) is 11.8 Å². The minimum absolute atomic E-state index is 0.00402. The van der Waals surface area contributed by atoms with Crippen LogP contribution in [-0.4, -0.2) is 42.6 Å². The van der Waals surface area contributed by atoms with Gasteiger partial charge in [-0.3, -0.25) is 4.79 Å². The summed E-state index contributed by atoms with van der Waals surface area (Å²) in [4.78, 5) is 24.4. The molecule has 0 aliphatic heterocycles. The Morgan fingerprint density at radius 2 is 1.48 bits per heavy atom. The molecule has 1 fully saturated rings. The van der Waals surface area contributed by atoms with Gasteiger partial charge in [0, 0.05) is 37.6 Å². The second kappa shape index (κ2) is 11.7. The highest BCUT2D eigenvalue weighted by molar-refractivity contribution is 5.94. The lowest BCUT2D eigenvalue weighted by molar-refractivity contribution is 0.0943. The molecule has 0 bridgehead atoms. The third-order valence-electron chi connectivity index (χ3n) is 7.97. The number of aromatic nitrogens is 2. The number of carbonyl (C=O) groups is 1. The van der Waals surface area contributed by atoms with Crippen LogP contribution in [0, 0.1) is 5.92 Å². The zero-order chi connectivity index (χ0) is 28.3. The predicted octanol–water partition coefficient (Wildman–Crippen LogP) is 7.06. The molecule has 208 valence electrons. The molecule has 1 aliphatic rings. The number of nitrogens with zero attached hydrogens (tertiary/aromatic N) is 3. The van der Waals surface area contributed by atoms with Gasteiger partial charge in [-0.05, 0) is 78.0 Å². The van der Waals surface area contributed by atoms with Crippen molar-refractivity contribution >= 4 is 28.6 Å². The third-order valence-corrected chi connectivity index (χ3v) is 7.97. The summed E-state index contributed by atoms with van der Waals surface area (Å²) in [5.41, 5.74) is 5.39. The molecular formula is C34H41N5O. The van der Waals surface area contributed by atoms with Gasteiger partial charge in [0.2, 0.25) is 5.95 Å². The van der Waals surface area contributed by atoms with E-state index >= 15 is 0 Å². The number of rotatable bonds is 7. The SMILES string of the molecule is CN(C)c1nc(N[C@H]2CC[C@@H](CNC(=O)c3ccc(-c4ccc(C(C)(C)C)cc4)cc3)CC2)nc2ccccc12. The molecule has 1 saturated carbocycles. The Morgan fingerprint density at radius 3 is 2.10 bits per heavy atom. The van der Waals surface area contributed by atoms with Crippen LogP contribution in [-0.2, 0) is 5.41 Å². The first-order chi connectivity index (χ1) is 19.2. The molecule has 3 aromatic carbocycles. The average molecular weight is 536 g/mol. The molecule has 6 heteroatoms. The van der Waals surface area contributed by atoms with Gasteiger partial charge in [-0.15, -0.1) is 0 Å². The van der Waals surface area contributed by atoms with Gasteiger partial charge in [0.25, 0.3) is 5.91 Å². The largest absolute Gasteiger partial charge is 0.362 e. The fraction of sp³-hybridized carbons (Fsp3) is 0.382. The van der Waals surface area contributed by atoms with E-state index in [4.69, 9.17) is 9.97 Å². The van der Waals surface area contributed by atoms with Crippen LogP contribution >= 0.6 is 0 Å². The number of benzene rings is 3. The molecule has 1 heterocycles. The summed E-state index contributed by atoms with van der Waals surface area (Å²) in [5.74, 6) is 2.09. The number of anilines is 2. The summed E-state index contributed by atoms with van der Waals surface area (Å²) in [6.45, 7) is 7.37. The van der Waals surface area contributed by atoms with Crippen molar-refractivity contribution in [2.24, 2.45) is 5.92 Å². The van der Waals surface area contributed by atoms with Crippen molar-refractivity contribution < 1.29 is 4.79 Å². The highest BCUT2D eigenvalue weighted by atomic mass is 16.1. The first-order valence-electron chi connectivity index (χ1n) is 14.4. The number of para-hydroxylation sites is 1. The lowest BCUT2D eigenvalue weighted by atomic mass is 9.86. The molecule has 1 amide bonds. The van der Waals surface area contributed by atoms with E-state index in [1.165, 1.54) is 5.56 Å². The maximum absolute atomic E-state index is 12.8. The van der Waals surface area contributed by atoms with Crippen LogP contribution in [0.1, 0.15) is 62.4 Å². The third kappa shape index (κ3) is 6.44. The van der Waals surface area contributed by atoms with Crippen molar-refractivity contribution in [3.63, 3.8) is 0 Å². The van der Waals surface area contributed by atoms with E-state index in [-0.39, 0.29) is 11.3 Å². The number of fused-ring (bicyclic) bond motifs is 1. The Labute approximate surface area is 238 Å². The summed E-state index contributed by atoms with van der Waals surface area (Å²) in [6.07, 6.45) is 4.21. The number of carbonyl (C=O) groups excluding carboxylic acids is 1. The summed E-state index contributed by atoms with van der Waals surface area (Å²) in [6, 6.07) is 25.1. The predicted molar refractivity (Wildman–Crippen MR) is 166 cm³/mol. The Balaban J connectivity index is 1.11. The molecule has 40 heavy (non-hydrogen) atoms. The summed E-state index contributed by atoms with van der Waals surface area (Å²) in [5, 5.41) is 7.80. The van der Waals surface area contributed by atoms with E-state index < -0.39 is 0 Å². The van der Waals surface area contributed by atoms with E-state index in [0.717, 1.165) is 53.5 Å². The van der Waals surface area contributed by atoms with E-state index in [9.17, 15) is 4.79 Å². The summed E-state index contributed by atoms with van der Waals surface area (Å²) < 4.78 is 0. The lowest BCUT2D eigenvalue weighted by Gasteiger charge is -2.29. The van der Waals surface area contributed by atoms with E-state index in [2.05, 4.69) is 61.7 Å². The molecule has 2 N–H and O–H groups in total. The lowest BCUT2D eigenvalue weighted by Crippen LogP contribution is -2.34. The van der Waals surface area contributed by atoms with Crippen LogP contribution in [0.25, 0.3) is 22.0 Å². The standard InChI is InChI=1S/C34H41N5O/c1-34(2,3)27-18-16-25(17-19-27)24-12-14-26(15-13-24)32(40)35-22-23-10-20-28(21-11-23)36-33-37-30-9-7-6-8-29(30)31(38-33)39(4)5/h6-9,12-19,23,28H,10-11,20-22H2,1-5H3,(H,35,40)(H,36,37,38)/t23-,28+. The molecule has 0 unspecified atom stereocenters. The fourth-order valence-corrected chi connectivity index (χ4v) is 5.47. The van der Waals surface area contributed by atoms with Gasteiger partial charge in [-0.25, -0.2) is 4.98 Å². The molecule has 0 saturated heterocycles. The van der Waals surface area contributed by atoms with Crippen LogP contribution in [0.2, 0.25) is 0 Å². The molecule has 1 aromatic heterocycles. The maximum atomic E-state index is 12.8. The maximum Gasteiger partial charge on any atom is 0.251 e. The van der Waals surface area contributed by atoms with Gasteiger partial charge in [-0.2, -0.15) is 4.98 Å². The molecule has 0 spiro atoms. The molecule has 1 aliphatic carbocycles.